The van der Waals surface area contributed by atoms with Crippen LogP contribution in [-0.2, 0) is 4.74 Å². The van der Waals surface area contributed by atoms with Gasteiger partial charge in [-0.3, -0.25) is 4.90 Å². The van der Waals surface area contributed by atoms with Gasteiger partial charge in [-0.2, -0.15) is 0 Å². The van der Waals surface area contributed by atoms with E-state index in [1.807, 2.05) is 30.3 Å². The van der Waals surface area contributed by atoms with Crippen LogP contribution in [0, 0.1) is 5.41 Å². The summed E-state index contributed by atoms with van der Waals surface area (Å²) < 4.78 is 5.67. The summed E-state index contributed by atoms with van der Waals surface area (Å²) in [5.74, 6) is 0. The fourth-order valence-electron chi connectivity index (χ4n) is 2.01. The number of carbonyl (C=O) groups is 1. The average Bonchev–Trinajstić information content (AvgIpc) is 2.85. The Morgan fingerprint density at radius 3 is 2.68 bits per heavy atom. The second-order valence-corrected chi connectivity index (χ2v) is 6.05. The van der Waals surface area contributed by atoms with Crippen molar-refractivity contribution in [1.29, 1.82) is 0 Å². The molecule has 0 aliphatic carbocycles. The van der Waals surface area contributed by atoms with E-state index in [9.17, 15) is 4.79 Å². The van der Waals surface area contributed by atoms with Crippen LogP contribution in [0.15, 0.2) is 30.3 Å². The molecule has 4 nitrogen and oxygen atoms in total. The zero-order valence-corrected chi connectivity index (χ0v) is 11.8. The summed E-state index contributed by atoms with van der Waals surface area (Å²) in [5.41, 5.74) is 1.10. The van der Waals surface area contributed by atoms with E-state index in [2.05, 4.69) is 26.1 Å². The quantitative estimate of drug-likeness (QED) is 0.890. The van der Waals surface area contributed by atoms with Crippen molar-refractivity contribution in [3.05, 3.63) is 35.9 Å². The molecule has 1 aromatic rings. The Morgan fingerprint density at radius 2 is 2.05 bits per heavy atom. The first-order valence-corrected chi connectivity index (χ1v) is 6.68. The van der Waals surface area contributed by atoms with Gasteiger partial charge in [0.15, 0.2) is 6.23 Å². The lowest BCUT2D eigenvalue weighted by Gasteiger charge is -2.26. The molecule has 0 bridgehead atoms. The minimum absolute atomic E-state index is 0.0544. The molecule has 2 rings (SSSR count). The monoisotopic (exact) mass is 262 g/mol. The van der Waals surface area contributed by atoms with Gasteiger partial charge >= 0.3 is 6.03 Å². The highest BCUT2D eigenvalue weighted by Gasteiger charge is 2.31. The molecule has 0 spiro atoms. The van der Waals surface area contributed by atoms with Crippen molar-refractivity contribution in [3.63, 3.8) is 0 Å². The summed E-state index contributed by atoms with van der Waals surface area (Å²) in [7, 11) is 0. The highest BCUT2D eigenvalue weighted by molar-refractivity contribution is 5.74. The zero-order valence-electron chi connectivity index (χ0n) is 11.8. The Hall–Kier alpha value is -1.55. The topological polar surface area (TPSA) is 41.6 Å². The Balaban J connectivity index is 2.01. The van der Waals surface area contributed by atoms with Gasteiger partial charge in [-0.05, 0) is 5.41 Å². The van der Waals surface area contributed by atoms with Crippen LogP contribution in [0.25, 0.3) is 0 Å². The van der Waals surface area contributed by atoms with Crippen LogP contribution < -0.4 is 5.32 Å². The van der Waals surface area contributed by atoms with E-state index >= 15 is 0 Å². The number of rotatable bonds is 2. The van der Waals surface area contributed by atoms with Crippen molar-refractivity contribution in [3.8, 4) is 0 Å². The summed E-state index contributed by atoms with van der Waals surface area (Å²) in [4.78, 5) is 14.0. The molecule has 1 heterocycles. The number of hydrogen-bond acceptors (Lipinski definition) is 2. The van der Waals surface area contributed by atoms with Crippen molar-refractivity contribution >= 4 is 6.03 Å². The molecule has 2 amide bonds. The van der Waals surface area contributed by atoms with Crippen molar-refractivity contribution < 1.29 is 9.53 Å². The second-order valence-electron chi connectivity index (χ2n) is 6.05. The van der Waals surface area contributed by atoms with Crippen LogP contribution in [0.2, 0.25) is 0 Å². The minimum Gasteiger partial charge on any atom is -0.352 e. The SMILES string of the molecule is CC(C)(C)CNC(=O)N1CCOC1c1ccccc1. The summed E-state index contributed by atoms with van der Waals surface area (Å²) in [6, 6.07) is 9.80. The molecule has 1 saturated heterocycles. The molecule has 0 saturated carbocycles. The van der Waals surface area contributed by atoms with Crippen LogP contribution in [0.5, 0.6) is 0 Å². The van der Waals surface area contributed by atoms with Gasteiger partial charge in [0.25, 0.3) is 0 Å². The highest BCUT2D eigenvalue weighted by atomic mass is 16.5. The molecule has 1 aromatic carbocycles. The summed E-state index contributed by atoms with van der Waals surface area (Å²) in [6.45, 7) is 8.18. The number of amides is 2. The van der Waals surface area contributed by atoms with Crippen molar-refractivity contribution in [2.45, 2.75) is 27.0 Å². The van der Waals surface area contributed by atoms with Crippen molar-refractivity contribution in [1.82, 2.24) is 10.2 Å². The van der Waals surface area contributed by atoms with Crippen molar-refractivity contribution in [2.75, 3.05) is 19.7 Å². The first-order chi connectivity index (χ1) is 8.97. The van der Waals surface area contributed by atoms with Gasteiger partial charge in [-0.1, -0.05) is 51.1 Å². The predicted molar refractivity (Wildman–Crippen MR) is 74.7 cm³/mol. The maximum absolute atomic E-state index is 12.2. The first kappa shape index (κ1) is 13.9. The van der Waals surface area contributed by atoms with E-state index in [0.717, 1.165) is 5.56 Å². The van der Waals surface area contributed by atoms with Crippen LogP contribution in [0.3, 0.4) is 0 Å². The van der Waals surface area contributed by atoms with E-state index in [0.29, 0.717) is 19.7 Å². The Labute approximate surface area is 114 Å². The van der Waals surface area contributed by atoms with Gasteiger partial charge in [-0.25, -0.2) is 4.79 Å². The molecular weight excluding hydrogens is 240 g/mol. The van der Waals surface area contributed by atoms with Crippen LogP contribution in [0.1, 0.15) is 32.6 Å². The molecule has 1 atom stereocenters. The normalized spacial score (nSPS) is 19.5. The zero-order chi connectivity index (χ0) is 13.9. The summed E-state index contributed by atoms with van der Waals surface area (Å²) >= 11 is 0. The average molecular weight is 262 g/mol. The predicted octanol–water partition coefficient (Wildman–Crippen LogP) is 2.77. The fraction of sp³-hybridized carbons (Fsp3) is 0.533. The standard InChI is InChI=1S/C15H22N2O2/c1-15(2,3)11-16-14(18)17-9-10-19-13(17)12-7-5-4-6-8-12/h4-8,13H,9-11H2,1-3H3,(H,16,18). The Kier molecular flexibility index (Phi) is 4.10. The third kappa shape index (κ3) is 3.70. The van der Waals surface area contributed by atoms with E-state index in [4.69, 9.17) is 4.74 Å². The Bertz CT molecular complexity index is 426. The highest BCUT2D eigenvalue weighted by Crippen LogP contribution is 2.26. The van der Waals surface area contributed by atoms with E-state index in [1.54, 1.807) is 4.90 Å². The number of urea groups is 1. The van der Waals surface area contributed by atoms with E-state index in [1.165, 1.54) is 0 Å². The van der Waals surface area contributed by atoms with Gasteiger partial charge < -0.3 is 10.1 Å². The molecule has 19 heavy (non-hydrogen) atoms. The number of hydrogen-bond donors (Lipinski definition) is 1. The number of nitrogens with zero attached hydrogens (tertiary/aromatic N) is 1. The minimum atomic E-state index is -0.263. The molecule has 1 N–H and O–H groups in total. The summed E-state index contributed by atoms with van der Waals surface area (Å²) in [6.07, 6.45) is -0.263. The molecule has 1 fully saturated rings. The maximum Gasteiger partial charge on any atom is 0.319 e. The molecule has 4 heteroatoms. The smallest absolute Gasteiger partial charge is 0.319 e. The largest absolute Gasteiger partial charge is 0.352 e. The lowest BCUT2D eigenvalue weighted by Crippen LogP contribution is -2.42. The number of benzene rings is 1. The molecule has 104 valence electrons. The van der Waals surface area contributed by atoms with Gasteiger partial charge in [0.1, 0.15) is 0 Å². The second kappa shape index (κ2) is 5.61. The lowest BCUT2D eigenvalue weighted by atomic mass is 9.97. The van der Waals surface area contributed by atoms with Crippen LogP contribution >= 0.6 is 0 Å². The maximum atomic E-state index is 12.2. The number of carbonyl (C=O) groups excluding carboxylic acids is 1. The number of nitrogens with one attached hydrogen (secondary N) is 1. The third-order valence-electron chi connectivity index (χ3n) is 3.01. The van der Waals surface area contributed by atoms with E-state index in [-0.39, 0.29) is 17.7 Å². The molecule has 1 unspecified atom stereocenters. The van der Waals surface area contributed by atoms with Gasteiger partial charge in [0, 0.05) is 18.7 Å². The molecule has 1 aliphatic rings. The molecule has 0 radical (unpaired) electrons. The Morgan fingerprint density at radius 1 is 1.37 bits per heavy atom. The van der Waals surface area contributed by atoms with Gasteiger partial charge in [0.05, 0.1) is 6.61 Å². The summed E-state index contributed by atoms with van der Waals surface area (Å²) in [5, 5.41) is 2.97. The van der Waals surface area contributed by atoms with Gasteiger partial charge in [0.2, 0.25) is 0 Å². The van der Waals surface area contributed by atoms with Gasteiger partial charge in [-0.15, -0.1) is 0 Å². The molecular formula is C15H22N2O2. The fourth-order valence-corrected chi connectivity index (χ4v) is 2.01. The van der Waals surface area contributed by atoms with Crippen LogP contribution in [-0.4, -0.2) is 30.6 Å². The first-order valence-electron chi connectivity index (χ1n) is 6.68. The third-order valence-corrected chi connectivity index (χ3v) is 3.01. The van der Waals surface area contributed by atoms with Crippen molar-refractivity contribution in [2.24, 2.45) is 5.41 Å². The van der Waals surface area contributed by atoms with E-state index < -0.39 is 0 Å². The molecule has 1 aliphatic heterocycles. The molecule has 0 aromatic heterocycles. The number of ether oxygens (including phenoxy) is 1. The van der Waals surface area contributed by atoms with Crippen LogP contribution in [0.4, 0.5) is 4.79 Å². The lowest BCUT2D eigenvalue weighted by molar-refractivity contribution is 0.0485.